The molecule has 1 aliphatic carbocycles. The summed E-state index contributed by atoms with van der Waals surface area (Å²) in [5, 5.41) is 12.0. The van der Waals surface area contributed by atoms with Crippen molar-refractivity contribution in [2.45, 2.75) is 37.6 Å². The van der Waals surface area contributed by atoms with E-state index in [9.17, 15) is 14.7 Å². The highest BCUT2D eigenvalue weighted by atomic mass is 16.5. The molecule has 1 atom stereocenters. The number of hydrogen-bond donors (Lipinski definition) is 2. The van der Waals surface area contributed by atoms with E-state index in [-0.39, 0.29) is 12.5 Å². The van der Waals surface area contributed by atoms with E-state index in [4.69, 9.17) is 9.47 Å². The van der Waals surface area contributed by atoms with Crippen LogP contribution in [-0.4, -0.2) is 43.0 Å². The Bertz CT molecular complexity index is 860. The van der Waals surface area contributed by atoms with E-state index in [2.05, 4.69) is 29.6 Å². The lowest BCUT2D eigenvalue weighted by atomic mass is 9.93. The summed E-state index contributed by atoms with van der Waals surface area (Å²) >= 11 is 0. The van der Waals surface area contributed by atoms with E-state index >= 15 is 0 Å². The highest BCUT2D eigenvalue weighted by Gasteiger charge is 2.30. The van der Waals surface area contributed by atoms with Gasteiger partial charge in [-0.05, 0) is 53.9 Å². The molecule has 1 saturated heterocycles. The van der Waals surface area contributed by atoms with E-state index in [1.54, 1.807) is 0 Å². The van der Waals surface area contributed by atoms with Crippen molar-refractivity contribution in [3.8, 4) is 11.1 Å². The lowest BCUT2D eigenvalue weighted by molar-refractivity contribution is -0.139. The first kappa shape index (κ1) is 20.4. The number of carboxylic acids is 1. The Balaban J connectivity index is 1.35. The van der Waals surface area contributed by atoms with Crippen molar-refractivity contribution in [1.82, 2.24) is 5.32 Å². The van der Waals surface area contributed by atoms with E-state index in [0.717, 1.165) is 54.7 Å². The monoisotopic (exact) mass is 409 g/mol. The van der Waals surface area contributed by atoms with Crippen molar-refractivity contribution in [3.05, 3.63) is 59.7 Å². The second-order valence-corrected chi connectivity index (χ2v) is 7.99. The van der Waals surface area contributed by atoms with Crippen LogP contribution >= 0.6 is 0 Å². The number of fused-ring (bicyclic) bond motifs is 3. The SMILES string of the molecule is O=C(N[C@H](CCC1CCOCC1)C(=O)O)OCC1c2ccccc2-c2ccccc21. The first-order valence-electron chi connectivity index (χ1n) is 10.6. The number of amides is 1. The third-order valence-electron chi connectivity index (χ3n) is 6.14. The molecular weight excluding hydrogens is 382 g/mol. The summed E-state index contributed by atoms with van der Waals surface area (Å²) < 4.78 is 10.8. The fourth-order valence-corrected chi connectivity index (χ4v) is 4.48. The van der Waals surface area contributed by atoms with Crippen LogP contribution in [0.1, 0.15) is 42.7 Å². The molecule has 158 valence electrons. The smallest absolute Gasteiger partial charge is 0.407 e. The van der Waals surface area contributed by atoms with Crippen LogP contribution in [0.3, 0.4) is 0 Å². The predicted octanol–water partition coefficient (Wildman–Crippen LogP) is 4.19. The maximum Gasteiger partial charge on any atom is 0.407 e. The highest BCUT2D eigenvalue weighted by molar-refractivity contribution is 5.81. The van der Waals surface area contributed by atoms with Crippen LogP contribution in [0.25, 0.3) is 11.1 Å². The number of rotatable bonds is 7. The summed E-state index contributed by atoms with van der Waals surface area (Å²) in [5.41, 5.74) is 4.56. The summed E-state index contributed by atoms with van der Waals surface area (Å²) in [6.07, 6.45) is 2.35. The molecule has 2 aliphatic rings. The van der Waals surface area contributed by atoms with Gasteiger partial charge in [0, 0.05) is 19.1 Å². The van der Waals surface area contributed by atoms with E-state index < -0.39 is 18.1 Å². The molecule has 0 bridgehead atoms. The standard InChI is InChI=1S/C24H27NO5/c26-23(27)22(10-9-16-11-13-29-14-12-16)25-24(28)30-15-21-19-7-3-1-5-17(19)18-6-2-4-8-20(18)21/h1-8,16,21-22H,9-15H2,(H,25,28)(H,26,27)/t22-/m1/s1. The summed E-state index contributed by atoms with van der Waals surface area (Å²) in [4.78, 5) is 24.0. The van der Waals surface area contributed by atoms with Crippen molar-refractivity contribution in [2.75, 3.05) is 19.8 Å². The molecule has 2 aromatic rings. The Morgan fingerprint density at radius 3 is 2.23 bits per heavy atom. The molecule has 0 spiro atoms. The van der Waals surface area contributed by atoms with Gasteiger partial charge in [0.15, 0.2) is 0 Å². The number of alkyl carbamates (subject to hydrolysis) is 1. The number of ether oxygens (including phenoxy) is 2. The largest absolute Gasteiger partial charge is 0.480 e. The van der Waals surface area contributed by atoms with Gasteiger partial charge in [0.25, 0.3) is 0 Å². The van der Waals surface area contributed by atoms with Crippen LogP contribution in [0, 0.1) is 5.92 Å². The lowest BCUT2D eigenvalue weighted by Gasteiger charge is -2.23. The molecule has 6 heteroatoms. The van der Waals surface area contributed by atoms with Gasteiger partial charge < -0.3 is 19.9 Å². The Labute approximate surface area is 176 Å². The van der Waals surface area contributed by atoms with Crippen molar-refractivity contribution in [2.24, 2.45) is 5.92 Å². The Morgan fingerprint density at radius 1 is 1.03 bits per heavy atom. The molecule has 0 unspecified atom stereocenters. The molecule has 30 heavy (non-hydrogen) atoms. The first-order valence-corrected chi connectivity index (χ1v) is 10.6. The van der Waals surface area contributed by atoms with Gasteiger partial charge in [-0.15, -0.1) is 0 Å². The molecule has 0 saturated carbocycles. The molecule has 1 amide bonds. The van der Waals surface area contributed by atoms with Crippen LogP contribution in [0.15, 0.2) is 48.5 Å². The molecule has 1 fully saturated rings. The van der Waals surface area contributed by atoms with Crippen LogP contribution in [-0.2, 0) is 14.3 Å². The van der Waals surface area contributed by atoms with Crippen molar-refractivity contribution < 1.29 is 24.2 Å². The maximum atomic E-state index is 12.4. The number of aliphatic carboxylic acids is 1. The molecular formula is C24H27NO5. The summed E-state index contributed by atoms with van der Waals surface area (Å²) in [6, 6.07) is 15.3. The average Bonchev–Trinajstić information content (AvgIpc) is 3.09. The minimum absolute atomic E-state index is 0.0475. The zero-order valence-electron chi connectivity index (χ0n) is 16.9. The molecule has 6 nitrogen and oxygen atoms in total. The van der Waals surface area contributed by atoms with Gasteiger partial charge in [-0.1, -0.05) is 48.5 Å². The summed E-state index contributed by atoms with van der Waals surface area (Å²) in [6.45, 7) is 1.62. The first-order chi connectivity index (χ1) is 14.6. The summed E-state index contributed by atoms with van der Waals surface area (Å²) in [7, 11) is 0. The van der Waals surface area contributed by atoms with Gasteiger partial charge in [0.1, 0.15) is 12.6 Å². The van der Waals surface area contributed by atoms with Gasteiger partial charge in [0.05, 0.1) is 0 Å². The van der Waals surface area contributed by atoms with Crippen molar-refractivity contribution >= 4 is 12.1 Å². The molecule has 2 N–H and O–H groups in total. The van der Waals surface area contributed by atoms with Crippen LogP contribution in [0.5, 0.6) is 0 Å². The normalized spacial score (nSPS) is 17.1. The minimum atomic E-state index is -1.03. The number of benzene rings is 2. The molecule has 4 rings (SSSR count). The quantitative estimate of drug-likeness (QED) is 0.716. The highest BCUT2D eigenvalue weighted by Crippen LogP contribution is 2.44. The molecule has 2 aromatic carbocycles. The van der Waals surface area contributed by atoms with E-state index in [1.165, 1.54) is 0 Å². The molecule has 0 radical (unpaired) electrons. The van der Waals surface area contributed by atoms with E-state index in [1.807, 2.05) is 24.3 Å². The molecule has 0 aromatic heterocycles. The fraction of sp³-hybridized carbons (Fsp3) is 0.417. The Morgan fingerprint density at radius 2 is 1.63 bits per heavy atom. The van der Waals surface area contributed by atoms with E-state index in [0.29, 0.717) is 12.3 Å². The number of carbonyl (C=O) groups excluding carboxylic acids is 1. The number of hydrogen-bond acceptors (Lipinski definition) is 4. The van der Waals surface area contributed by atoms with Gasteiger partial charge in [0.2, 0.25) is 0 Å². The average molecular weight is 409 g/mol. The Kier molecular flexibility index (Phi) is 6.33. The van der Waals surface area contributed by atoms with Crippen molar-refractivity contribution in [3.63, 3.8) is 0 Å². The zero-order chi connectivity index (χ0) is 20.9. The molecule has 1 aliphatic heterocycles. The second-order valence-electron chi connectivity index (χ2n) is 7.99. The van der Waals surface area contributed by atoms with Gasteiger partial charge >= 0.3 is 12.1 Å². The van der Waals surface area contributed by atoms with Gasteiger partial charge in [-0.25, -0.2) is 9.59 Å². The molecule has 1 heterocycles. The fourth-order valence-electron chi connectivity index (χ4n) is 4.48. The zero-order valence-corrected chi connectivity index (χ0v) is 16.9. The third kappa shape index (κ3) is 4.49. The van der Waals surface area contributed by atoms with Crippen LogP contribution < -0.4 is 5.32 Å². The number of nitrogens with one attached hydrogen (secondary N) is 1. The second kappa shape index (κ2) is 9.30. The van der Waals surface area contributed by atoms with Crippen LogP contribution in [0.4, 0.5) is 4.79 Å². The predicted molar refractivity (Wildman–Crippen MR) is 112 cm³/mol. The maximum absolute atomic E-state index is 12.4. The van der Waals surface area contributed by atoms with Gasteiger partial charge in [-0.3, -0.25) is 0 Å². The Hall–Kier alpha value is -2.86. The lowest BCUT2D eigenvalue weighted by Crippen LogP contribution is -2.41. The topological polar surface area (TPSA) is 84.9 Å². The summed E-state index contributed by atoms with van der Waals surface area (Å²) in [5.74, 6) is -0.630. The minimum Gasteiger partial charge on any atom is -0.480 e. The van der Waals surface area contributed by atoms with Gasteiger partial charge in [-0.2, -0.15) is 0 Å². The van der Waals surface area contributed by atoms with Crippen LogP contribution in [0.2, 0.25) is 0 Å². The third-order valence-corrected chi connectivity index (χ3v) is 6.14. The number of carboxylic acid groups (broad SMARTS) is 1. The van der Waals surface area contributed by atoms with Crippen molar-refractivity contribution in [1.29, 1.82) is 0 Å². The number of carbonyl (C=O) groups is 2.